The van der Waals surface area contributed by atoms with Crippen molar-refractivity contribution in [1.82, 2.24) is 9.55 Å². The number of rotatable bonds is 3. The van der Waals surface area contributed by atoms with Crippen molar-refractivity contribution < 1.29 is 9.53 Å². The molecular formula is C16H13ClN2O2. The van der Waals surface area contributed by atoms with Crippen molar-refractivity contribution in [3.8, 4) is 0 Å². The fourth-order valence-electron chi connectivity index (χ4n) is 2.34. The number of ether oxygens (including phenoxy) is 1. The third-order valence-corrected chi connectivity index (χ3v) is 3.54. The number of fused-ring (bicyclic) bond motifs is 1. The van der Waals surface area contributed by atoms with E-state index in [9.17, 15) is 4.79 Å². The van der Waals surface area contributed by atoms with Gasteiger partial charge in [-0.3, -0.25) is 4.98 Å². The monoisotopic (exact) mass is 300 g/mol. The van der Waals surface area contributed by atoms with Crippen LogP contribution in [0.15, 0.2) is 48.8 Å². The molecule has 21 heavy (non-hydrogen) atoms. The zero-order chi connectivity index (χ0) is 14.8. The van der Waals surface area contributed by atoms with Crippen LogP contribution in [0.3, 0.4) is 0 Å². The van der Waals surface area contributed by atoms with Gasteiger partial charge in [0.05, 0.1) is 35.5 Å². The van der Waals surface area contributed by atoms with E-state index in [0.29, 0.717) is 17.1 Å². The van der Waals surface area contributed by atoms with Crippen molar-refractivity contribution in [1.29, 1.82) is 0 Å². The Hall–Kier alpha value is -2.33. The molecule has 0 saturated carbocycles. The lowest BCUT2D eigenvalue weighted by Crippen LogP contribution is -2.07. The summed E-state index contributed by atoms with van der Waals surface area (Å²) in [6, 6.07) is 11.2. The van der Waals surface area contributed by atoms with E-state index in [1.54, 1.807) is 18.3 Å². The highest BCUT2D eigenvalue weighted by molar-refractivity contribution is 6.30. The van der Waals surface area contributed by atoms with Crippen molar-refractivity contribution in [2.75, 3.05) is 7.11 Å². The van der Waals surface area contributed by atoms with Crippen molar-refractivity contribution >= 4 is 28.5 Å². The average Bonchev–Trinajstić information content (AvgIpc) is 2.92. The van der Waals surface area contributed by atoms with Gasteiger partial charge in [-0.2, -0.15) is 0 Å². The molecule has 0 saturated heterocycles. The topological polar surface area (TPSA) is 44.1 Å². The van der Waals surface area contributed by atoms with Crippen LogP contribution < -0.4 is 0 Å². The van der Waals surface area contributed by atoms with Crippen molar-refractivity contribution in [3.63, 3.8) is 0 Å². The highest BCUT2D eigenvalue weighted by Gasteiger charge is 2.13. The molecule has 5 heteroatoms. The van der Waals surface area contributed by atoms with Gasteiger partial charge < -0.3 is 9.30 Å². The molecule has 0 atom stereocenters. The van der Waals surface area contributed by atoms with E-state index in [1.807, 2.05) is 35.0 Å². The van der Waals surface area contributed by atoms with Crippen LogP contribution in [0.25, 0.3) is 10.9 Å². The third-order valence-electron chi connectivity index (χ3n) is 3.31. The number of esters is 1. The lowest BCUT2D eigenvalue weighted by molar-refractivity contribution is 0.0602. The molecule has 3 aromatic rings. The normalized spacial score (nSPS) is 10.8. The first-order valence-corrected chi connectivity index (χ1v) is 6.83. The molecule has 4 nitrogen and oxygen atoms in total. The van der Waals surface area contributed by atoms with Crippen LogP contribution in [0.5, 0.6) is 0 Å². The molecule has 2 aromatic heterocycles. The van der Waals surface area contributed by atoms with Gasteiger partial charge in [-0.25, -0.2) is 4.79 Å². The molecule has 0 bridgehead atoms. The van der Waals surface area contributed by atoms with Crippen LogP contribution in [0.2, 0.25) is 5.02 Å². The van der Waals surface area contributed by atoms with Gasteiger partial charge in [-0.05, 0) is 24.3 Å². The van der Waals surface area contributed by atoms with E-state index in [0.717, 1.165) is 16.6 Å². The number of aromatic nitrogens is 2. The summed E-state index contributed by atoms with van der Waals surface area (Å²) in [5.74, 6) is -0.343. The third kappa shape index (κ3) is 2.62. The molecule has 0 radical (unpaired) electrons. The number of hydrogen-bond donors (Lipinski definition) is 0. The minimum absolute atomic E-state index is 0.343. The second kappa shape index (κ2) is 5.58. The predicted molar refractivity (Wildman–Crippen MR) is 81.6 cm³/mol. The van der Waals surface area contributed by atoms with E-state index in [2.05, 4.69) is 4.98 Å². The molecule has 0 unspecified atom stereocenters. The summed E-state index contributed by atoms with van der Waals surface area (Å²) in [4.78, 5) is 16.2. The molecule has 0 aliphatic carbocycles. The van der Waals surface area contributed by atoms with Gasteiger partial charge in [0.25, 0.3) is 0 Å². The lowest BCUT2D eigenvalue weighted by Gasteiger charge is -2.08. The maximum Gasteiger partial charge on any atom is 0.340 e. The Balaban J connectivity index is 2.06. The molecule has 0 fully saturated rings. The standard InChI is InChI=1S/C16H13ClN2O2/c1-21-16(20)14-4-2-3-11-7-8-19(15(11)14)10-13-6-5-12(17)9-18-13/h2-9H,10H2,1H3. The van der Waals surface area contributed by atoms with E-state index in [4.69, 9.17) is 16.3 Å². The number of halogens is 1. The minimum atomic E-state index is -0.343. The molecule has 1 aromatic carbocycles. The van der Waals surface area contributed by atoms with Crippen LogP contribution in [-0.2, 0) is 11.3 Å². The molecular weight excluding hydrogens is 288 g/mol. The smallest absolute Gasteiger partial charge is 0.340 e. The Bertz CT molecular complexity index is 794. The lowest BCUT2D eigenvalue weighted by atomic mass is 10.1. The second-order valence-electron chi connectivity index (χ2n) is 4.65. The SMILES string of the molecule is COC(=O)c1cccc2ccn(Cc3ccc(Cl)cn3)c12. The number of pyridine rings is 1. The number of carbonyl (C=O) groups is 1. The Kier molecular flexibility index (Phi) is 3.62. The summed E-state index contributed by atoms with van der Waals surface area (Å²) >= 11 is 5.84. The van der Waals surface area contributed by atoms with E-state index >= 15 is 0 Å². The summed E-state index contributed by atoms with van der Waals surface area (Å²) in [5, 5.41) is 1.60. The first-order valence-electron chi connectivity index (χ1n) is 6.45. The maximum absolute atomic E-state index is 11.9. The van der Waals surface area contributed by atoms with E-state index in [-0.39, 0.29) is 5.97 Å². The zero-order valence-electron chi connectivity index (χ0n) is 11.4. The Labute approximate surface area is 126 Å². The van der Waals surface area contributed by atoms with Crippen LogP contribution >= 0.6 is 11.6 Å². The van der Waals surface area contributed by atoms with Crippen molar-refractivity contribution in [2.24, 2.45) is 0 Å². The van der Waals surface area contributed by atoms with E-state index < -0.39 is 0 Å². The number of para-hydroxylation sites is 1. The van der Waals surface area contributed by atoms with Crippen LogP contribution in [-0.4, -0.2) is 22.6 Å². The molecule has 0 spiro atoms. The Morgan fingerprint density at radius 1 is 1.29 bits per heavy atom. The Morgan fingerprint density at radius 3 is 2.86 bits per heavy atom. The fraction of sp³-hybridized carbons (Fsp3) is 0.125. The number of hydrogen-bond acceptors (Lipinski definition) is 3. The summed E-state index contributed by atoms with van der Waals surface area (Å²) in [6.07, 6.45) is 3.55. The fourth-order valence-corrected chi connectivity index (χ4v) is 2.45. The van der Waals surface area contributed by atoms with Gasteiger partial charge >= 0.3 is 5.97 Å². The van der Waals surface area contributed by atoms with Gasteiger partial charge in [0, 0.05) is 17.8 Å². The molecule has 106 valence electrons. The van der Waals surface area contributed by atoms with Crippen LogP contribution in [0.4, 0.5) is 0 Å². The van der Waals surface area contributed by atoms with Gasteiger partial charge in [0.15, 0.2) is 0 Å². The molecule has 0 aliphatic rings. The number of benzene rings is 1. The first kappa shape index (κ1) is 13.6. The van der Waals surface area contributed by atoms with Crippen molar-refractivity contribution in [2.45, 2.75) is 6.54 Å². The summed E-state index contributed by atoms with van der Waals surface area (Å²) in [5.41, 5.74) is 2.27. The first-order chi connectivity index (χ1) is 10.2. The minimum Gasteiger partial charge on any atom is -0.465 e. The van der Waals surface area contributed by atoms with Gasteiger partial charge in [-0.1, -0.05) is 23.7 Å². The van der Waals surface area contributed by atoms with Crippen LogP contribution in [0.1, 0.15) is 16.1 Å². The largest absolute Gasteiger partial charge is 0.465 e. The van der Waals surface area contributed by atoms with Crippen LogP contribution in [0, 0.1) is 0 Å². The number of nitrogens with zero attached hydrogens (tertiary/aromatic N) is 2. The number of carbonyl (C=O) groups excluding carboxylic acids is 1. The molecule has 3 rings (SSSR count). The highest BCUT2D eigenvalue weighted by atomic mass is 35.5. The number of methoxy groups -OCH3 is 1. The molecule has 0 aliphatic heterocycles. The Morgan fingerprint density at radius 2 is 2.14 bits per heavy atom. The zero-order valence-corrected chi connectivity index (χ0v) is 12.2. The van der Waals surface area contributed by atoms with Crippen molar-refractivity contribution in [3.05, 3.63) is 65.1 Å². The summed E-state index contributed by atoms with van der Waals surface area (Å²) in [7, 11) is 1.38. The summed E-state index contributed by atoms with van der Waals surface area (Å²) < 4.78 is 6.83. The quantitative estimate of drug-likeness (QED) is 0.695. The summed E-state index contributed by atoms with van der Waals surface area (Å²) in [6.45, 7) is 0.564. The highest BCUT2D eigenvalue weighted by Crippen LogP contribution is 2.22. The second-order valence-corrected chi connectivity index (χ2v) is 5.08. The molecule has 0 amide bonds. The average molecular weight is 301 g/mol. The molecule has 0 N–H and O–H groups in total. The maximum atomic E-state index is 11.9. The van der Waals surface area contributed by atoms with Gasteiger partial charge in [0.2, 0.25) is 0 Å². The van der Waals surface area contributed by atoms with E-state index in [1.165, 1.54) is 7.11 Å². The van der Waals surface area contributed by atoms with Gasteiger partial charge in [0.1, 0.15) is 0 Å². The van der Waals surface area contributed by atoms with Gasteiger partial charge in [-0.15, -0.1) is 0 Å². The molecule has 2 heterocycles. The predicted octanol–water partition coefficient (Wildman–Crippen LogP) is 3.52.